The Hall–Kier alpha value is -0.990. The van der Waals surface area contributed by atoms with Crippen LogP contribution in [0, 0.1) is 11.7 Å². The molecular formula is C13H16BrFN2O3S. The molecular weight excluding hydrogens is 363 g/mol. The van der Waals surface area contributed by atoms with Gasteiger partial charge in [0.15, 0.2) is 0 Å². The summed E-state index contributed by atoms with van der Waals surface area (Å²) in [5, 5.41) is 5.04. The summed E-state index contributed by atoms with van der Waals surface area (Å²) >= 11 is 3.06. The molecule has 0 radical (unpaired) electrons. The monoisotopic (exact) mass is 378 g/mol. The van der Waals surface area contributed by atoms with E-state index in [0.29, 0.717) is 19.0 Å². The van der Waals surface area contributed by atoms with Gasteiger partial charge in [-0.25, -0.2) is 17.9 Å². The molecule has 1 heterocycles. The third-order valence-electron chi connectivity index (χ3n) is 3.69. The van der Waals surface area contributed by atoms with Gasteiger partial charge in [-0.3, -0.25) is 4.79 Å². The van der Waals surface area contributed by atoms with E-state index in [4.69, 9.17) is 5.14 Å². The van der Waals surface area contributed by atoms with E-state index in [-0.39, 0.29) is 15.9 Å². The molecule has 2 N–H and O–H groups in total. The van der Waals surface area contributed by atoms with Crippen LogP contribution < -0.4 is 5.14 Å². The first kappa shape index (κ1) is 16.4. The second-order valence-corrected chi connectivity index (χ2v) is 7.45. The molecule has 1 aliphatic heterocycles. The molecule has 21 heavy (non-hydrogen) atoms. The number of hydrogen-bond donors (Lipinski definition) is 1. The van der Waals surface area contributed by atoms with Gasteiger partial charge in [0.1, 0.15) is 5.82 Å². The molecule has 2 rings (SSSR count). The van der Waals surface area contributed by atoms with Crippen LogP contribution >= 0.6 is 15.9 Å². The van der Waals surface area contributed by atoms with Crippen molar-refractivity contribution in [3.63, 3.8) is 0 Å². The number of sulfonamides is 1. The van der Waals surface area contributed by atoms with Crippen molar-refractivity contribution in [3.8, 4) is 0 Å². The van der Waals surface area contributed by atoms with E-state index in [0.717, 1.165) is 25.0 Å². The lowest BCUT2D eigenvalue weighted by molar-refractivity contribution is 0.0785. The third-order valence-corrected chi connectivity index (χ3v) is 5.74. The van der Waals surface area contributed by atoms with Crippen LogP contribution in [0.3, 0.4) is 0 Å². The van der Waals surface area contributed by atoms with Crippen LogP contribution in [0.4, 0.5) is 4.39 Å². The predicted molar refractivity (Wildman–Crippen MR) is 79.8 cm³/mol. The van der Waals surface area contributed by atoms with Gasteiger partial charge < -0.3 is 4.90 Å². The van der Waals surface area contributed by atoms with Gasteiger partial charge >= 0.3 is 0 Å². The van der Waals surface area contributed by atoms with Crippen LogP contribution in [-0.2, 0) is 10.0 Å². The molecule has 0 saturated carbocycles. The minimum absolute atomic E-state index is 0.0105. The van der Waals surface area contributed by atoms with Crippen molar-refractivity contribution >= 4 is 31.9 Å². The third kappa shape index (κ3) is 3.44. The first-order valence-corrected chi connectivity index (χ1v) is 8.89. The van der Waals surface area contributed by atoms with Crippen molar-refractivity contribution in [1.29, 1.82) is 0 Å². The molecule has 1 amide bonds. The molecule has 0 aliphatic carbocycles. The Labute approximate surface area is 131 Å². The van der Waals surface area contributed by atoms with Gasteiger partial charge in [-0.1, -0.05) is 13.3 Å². The summed E-state index contributed by atoms with van der Waals surface area (Å²) < 4.78 is 36.5. The number of carbonyl (C=O) groups is 1. The van der Waals surface area contributed by atoms with Crippen LogP contribution in [0.25, 0.3) is 0 Å². The van der Waals surface area contributed by atoms with Crippen LogP contribution in [-0.4, -0.2) is 32.3 Å². The zero-order valence-corrected chi connectivity index (χ0v) is 13.9. The number of benzene rings is 1. The molecule has 5 nitrogen and oxygen atoms in total. The number of rotatable bonds is 3. The Balaban J connectivity index is 2.41. The Kier molecular flexibility index (Phi) is 4.69. The molecule has 1 atom stereocenters. The number of amides is 1. The Morgan fingerprint density at radius 1 is 1.52 bits per heavy atom. The van der Waals surface area contributed by atoms with Gasteiger partial charge in [0, 0.05) is 13.1 Å². The maximum absolute atomic E-state index is 13.6. The normalized spacial score (nSPS) is 19.0. The van der Waals surface area contributed by atoms with E-state index >= 15 is 0 Å². The lowest BCUT2D eigenvalue weighted by Gasteiger charge is -2.18. The maximum atomic E-state index is 13.6. The van der Waals surface area contributed by atoms with E-state index < -0.39 is 20.7 Å². The van der Waals surface area contributed by atoms with Gasteiger partial charge in [-0.05, 0) is 40.4 Å². The first-order valence-electron chi connectivity index (χ1n) is 6.55. The molecule has 1 aromatic rings. The highest BCUT2D eigenvalue weighted by Gasteiger charge is 2.29. The maximum Gasteiger partial charge on any atom is 0.255 e. The SMILES string of the molecule is CCC1CCN(C(=O)c2cc(F)cc(S(N)(=O)=O)c2Br)C1. The summed E-state index contributed by atoms with van der Waals surface area (Å²) in [4.78, 5) is 13.6. The van der Waals surface area contributed by atoms with Crippen molar-refractivity contribution in [2.45, 2.75) is 24.7 Å². The number of nitrogens with zero attached hydrogens (tertiary/aromatic N) is 1. The van der Waals surface area contributed by atoms with Crippen LogP contribution in [0.1, 0.15) is 30.1 Å². The average molecular weight is 379 g/mol. The summed E-state index contributed by atoms with van der Waals surface area (Å²) in [6.07, 6.45) is 1.87. The Morgan fingerprint density at radius 3 is 2.71 bits per heavy atom. The highest BCUT2D eigenvalue weighted by molar-refractivity contribution is 9.10. The van der Waals surface area contributed by atoms with Gasteiger partial charge in [0.05, 0.1) is 14.9 Å². The number of hydrogen-bond acceptors (Lipinski definition) is 3. The van der Waals surface area contributed by atoms with E-state index in [9.17, 15) is 17.6 Å². The van der Waals surface area contributed by atoms with E-state index in [1.54, 1.807) is 4.90 Å². The highest BCUT2D eigenvalue weighted by atomic mass is 79.9. The second kappa shape index (κ2) is 6.02. The summed E-state index contributed by atoms with van der Waals surface area (Å²) in [5.41, 5.74) is -0.0178. The molecule has 1 aliphatic rings. The molecule has 1 aromatic carbocycles. The van der Waals surface area contributed by atoms with Gasteiger partial charge in [-0.2, -0.15) is 0 Å². The second-order valence-electron chi connectivity index (χ2n) is 5.12. The van der Waals surface area contributed by atoms with Crippen LogP contribution in [0.15, 0.2) is 21.5 Å². The van der Waals surface area contributed by atoms with Gasteiger partial charge in [-0.15, -0.1) is 0 Å². The zero-order valence-electron chi connectivity index (χ0n) is 11.5. The number of halogens is 2. The lowest BCUT2D eigenvalue weighted by Crippen LogP contribution is -2.29. The highest BCUT2D eigenvalue weighted by Crippen LogP contribution is 2.29. The minimum atomic E-state index is -4.11. The van der Waals surface area contributed by atoms with Crippen LogP contribution in [0.2, 0.25) is 0 Å². The Bertz CT molecular complexity index is 678. The largest absolute Gasteiger partial charge is 0.338 e. The summed E-state index contributed by atoms with van der Waals surface area (Å²) in [6.45, 7) is 3.24. The molecule has 0 spiro atoms. The lowest BCUT2D eigenvalue weighted by atomic mass is 10.1. The average Bonchev–Trinajstić information content (AvgIpc) is 2.87. The topological polar surface area (TPSA) is 80.5 Å². The van der Waals surface area contributed by atoms with Gasteiger partial charge in [0.25, 0.3) is 5.91 Å². The quantitative estimate of drug-likeness (QED) is 0.874. The molecule has 116 valence electrons. The van der Waals surface area contributed by atoms with Crippen molar-refractivity contribution in [2.75, 3.05) is 13.1 Å². The van der Waals surface area contributed by atoms with Gasteiger partial charge in [0.2, 0.25) is 10.0 Å². The number of nitrogens with two attached hydrogens (primary N) is 1. The fourth-order valence-corrected chi connectivity index (χ4v) is 4.16. The number of carbonyl (C=O) groups excluding carboxylic acids is 1. The van der Waals surface area contributed by atoms with Crippen LogP contribution in [0.5, 0.6) is 0 Å². The smallest absolute Gasteiger partial charge is 0.255 e. The predicted octanol–water partition coefficient (Wildman–Crippen LogP) is 2.11. The molecule has 0 bridgehead atoms. The number of primary sulfonamides is 1. The standard InChI is InChI=1S/C13H16BrFN2O3S/c1-2-8-3-4-17(7-8)13(18)10-5-9(15)6-11(12(10)14)21(16,19)20/h5-6,8H,2-4,7H2,1H3,(H2,16,19,20). The fraction of sp³-hybridized carbons (Fsp3) is 0.462. The van der Waals surface area contributed by atoms with Crippen molar-refractivity contribution in [3.05, 3.63) is 28.0 Å². The van der Waals surface area contributed by atoms with Crippen molar-refractivity contribution in [2.24, 2.45) is 11.1 Å². The minimum Gasteiger partial charge on any atom is -0.338 e. The summed E-state index contributed by atoms with van der Waals surface area (Å²) in [6, 6.07) is 1.83. The summed E-state index contributed by atoms with van der Waals surface area (Å²) in [7, 11) is -4.11. The molecule has 8 heteroatoms. The molecule has 1 unspecified atom stereocenters. The first-order chi connectivity index (χ1) is 9.74. The van der Waals surface area contributed by atoms with E-state index in [1.165, 1.54) is 0 Å². The Morgan fingerprint density at radius 2 is 2.19 bits per heavy atom. The number of likely N-dealkylation sites (tertiary alicyclic amines) is 1. The van der Waals surface area contributed by atoms with E-state index in [1.807, 2.05) is 0 Å². The molecule has 1 saturated heterocycles. The van der Waals surface area contributed by atoms with Crippen molar-refractivity contribution < 1.29 is 17.6 Å². The fourth-order valence-electron chi connectivity index (χ4n) is 2.45. The van der Waals surface area contributed by atoms with Crippen molar-refractivity contribution in [1.82, 2.24) is 4.90 Å². The zero-order chi connectivity index (χ0) is 15.8. The molecule has 1 fully saturated rings. The van der Waals surface area contributed by atoms with E-state index in [2.05, 4.69) is 22.9 Å². The molecule has 0 aromatic heterocycles. The summed E-state index contributed by atoms with van der Waals surface area (Å²) in [5.74, 6) is -0.766.